The van der Waals surface area contributed by atoms with Gasteiger partial charge in [0.25, 0.3) is 0 Å². The van der Waals surface area contributed by atoms with Crippen molar-refractivity contribution in [3.63, 3.8) is 0 Å². The van der Waals surface area contributed by atoms with Crippen molar-refractivity contribution in [2.24, 2.45) is 23.7 Å². The minimum Gasteiger partial charge on any atom is -0.377 e. The van der Waals surface area contributed by atoms with Crippen LogP contribution in [0.5, 0.6) is 0 Å². The van der Waals surface area contributed by atoms with E-state index >= 15 is 0 Å². The summed E-state index contributed by atoms with van der Waals surface area (Å²) in [5.41, 5.74) is 0. The lowest BCUT2D eigenvalue weighted by molar-refractivity contribution is 0.110. The van der Waals surface area contributed by atoms with Crippen LogP contribution in [-0.2, 0) is 4.74 Å². The van der Waals surface area contributed by atoms with E-state index in [1.807, 2.05) is 6.08 Å². The third-order valence-electron chi connectivity index (χ3n) is 7.07. The fraction of sp³-hybridized carbons (Fsp3) is 0.917. The molecule has 0 bridgehead atoms. The molecule has 146 valence electrons. The molecule has 0 saturated heterocycles. The van der Waals surface area contributed by atoms with Gasteiger partial charge in [-0.2, -0.15) is 0 Å². The number of hydrogen-bond acceptors (Lipinski definition) is 1. The molecule has 0 N–H and O–H groups in total. The molecule has 25 heavy (non-hydrogen) atoms. The summed E-state index contributed by atoms with van der Waals surface area (Å²) in [6.07, 6.45) is 24.0. The van der Waals surface area contributed by atoms with Crippen molar-refractivity contribution in [2.45, 2.75) is 103 Å². The Labute approximate surface area is 158 Å². The Balaban J connectivity index is 1.52. The van der Waals surface area contributed by atoms with Gasteiger partial charge in [0.15, 0.2) is 0 Å². The van der Waals surface area contributed by atoms with Crippen molar-refractivity contribution >= 4 is 0 Å². The van der Waals surface area contributed by atoms with E-state index in [4.69, 9.17) is 4.74 Å². The highest BCUT2D eigenvalue weighted by atomic mass is 16.5. The van der Waals surface area contributed by atoms with Crippen LogP contribution < -0.4 is 0 Å². The minimum atomic E-state index is 0.719. The molecule has 2 aliphatic rings. The highest BCUT2D eigenvalue weighted by molar-refractivity contribution is 4.82. The second-order valence-electron chi connectivity index (χ2n) is 8.92. The van der Waals surface area contributed by atoms with Crippen LogP contribution in [0.3, 0.4) is 0 Å². The van der Waals surface area contributed by atoms with Gasteiger partial charge in [0.05, 0.1) is 6.61 Å². The molecule has 0 heterocycles. The lowest BCUT2D eigenvalue weighted by atomic mass is 9.68. The Bertz CT molecular complexity index is 321. The molecule has 0 aromatic carbocycles. The van der Waals surface area contributed by atoms with E-state index in [9.17, 15) is 0 Å². The number of rotatable bonds is 12. The third kappa shape index (κ3) is 8.29. The van der Waals surface area contributed by atoms with Crippen LogP contribution in [0, 0.1) is 23.7 Å². The maximum atomic E-state index is 5.58. The molecular weight excluding hydrogens is 304 g/mol. The zero-order valence-electron chi connectivity index (χ0n) is 17.0. The maximum Gasteiger partial charge on any atom is 0.0644 e. The van der Waals surface area contributed by atoms with Gasteiger partial charge in [-0.15, -0.1) is 6.58 Å². The average Bonchev–Trinajstić information content (AvgIpc) is 2.66. The van der Waals surface area contributed by atoms with Crippen LogP contribution >= 0.6 is 0 Å². The molecule has 0 aliphatic heterocycles. The monoisotopic (exact) mass is 348 g/mol. The van der Waals surface area contributed by atoms with Crippen LogP contribution in [0.1, 0.15) is 103 Å². The van der Waals surface area contributed by atoms with Gasteiger partial charge in [0.1, 0.15) is 0 Å². The first-order chi connectivity index (χ1) is 12.3. The molecule has 1 nitrogen and oxygen atoms in total. The molecule has 0 unspecified atom stereocenters. The molecule has 0 radical (unpaired) electrons. The lowest BCUT2D eigenvalue weighted by Crippen LogP contribution is -2.26. The second-order valence-corrected chi connectivity index (χ2v) is 8.92. The first-order valence-electron chi connectivity index (χ1n) is 11.5. The van der Waals surface area contributed by atoms with Gasteiger partial charge < -0.3 is 4.74 Å². The number of unbranched alkanes of at least 4 members (excludes halogenated alkanes) is 4. The first-order valence-corrected chi connectivity index (χ1v) is 11.5. The molecule has 2 rings (SSSR count). The van der Waals surface area contributed by atoms with Crippen molar-refractivity contribution in [2.75, 3.05) is 13.2 Å². The summed E-state index contributed by atoms with van der Waals surface area (Å²) < 4.78 is 5.58. The highest BCUT2D eigenvalue weighted by Crippen LogP contribution is 2.42. The summed E-state index contributed by atoms with van der Waals surface area (Å²) in [5.74, 6) is 4.11. The van der Waals surface area contributed by atoms with Crippen LogP contribution in [0.15, 0.2) is 12.7 Å². The van der Waals surface area contributed by atoms with Crippen LogP contribution in [-0.4, -0.2) is 13.2 Å². The largest absolute Gasteiger partial charge is 0.377 e. The topological polar surface area (TPSA) is 9.23 Å². The molecule has 2 aliphatic carbocycles. The Hall–Kier alpha value is -0.300. The van der Waals surface area contributed by atoms with Gasteiger partial charge in [-0.05, 0) is 55.8 Å². The molecule has 0 aromatic rings. The first kappa shape index (κ1) is 21.0. The van der Waals surface area contributed by atoms with E-state index in [1.165, 1.54) is 96.3 Å². The third-order valence-corrected chi connectivity index (χ3v) is 7.07. The average molecular weight is 349 g/mol. The summed E-state index contributed by atoms with van der Waals surface area (Å²) in [6.45, 7) is 7.68. The smallest absolute Gasteiger partial charge is 0.0644 e. The van der Waals surface area contributed by atoms with Crippen LogP contribution in [0.2, 0.25) is 0 Å². The zero-order chi connectivity index (χ0) is 17.7. The normalized spacial score (nSPS) is 30.3. The molecule has 2 fully saturated rings. The second kappa shape index (κ2) is 13.0. The number of hydrogen-bond donors (Lipinski definition) is 0. The minimum absolute atomic E-state index is 0.719. The van der Waals surface area contributed by atoms with Crippen LogP contribution in [0.4, 0.5) is 0 Å². The van der Waals surface area contributed by atoms with Gasteiger partial charge >= 0.3 is 0 Å². The van der Waals surface area contributed by atoms with E-state index in [1.54, 1.807) is 0 Å². The maximum absolute atomic E-state index is 5.58. The summed E-state index contributed by atoms with van der Waals surface area (Å²) >= 11 is 0. The standard InChI is InChI=1S/C24H44O/c1-3-5-6-7-8-9-21-10-14-23(15-11-21)24-16-12-22(13-17-24)18-20-25-19-4-2/h4,21-24H,2-3,5-20H2,1H3. The van der Waals surface area contributed by atoms with Crippen molar-refractivity contribution in [1.82, 2.24) is 0 Å². The lowest BCUT2D eigenvalue weighted by Gasteiger charge is -2.38. The van der Waals surface area contributed by atoms with Crippen molar-refractivity contribution in [3.05, 3.63) is 12.7 Å². The highest BCUT2D eigenvalue weighted by Gasteiger charge is 2.30. The van der Waals surface area contributed by atoms with Crippen molar-refractivity contribution < 1.29 is 4.74 Å². The van der Waals surface area contributed by atoms with E-state index < -0.39 is 0 Å². The molecule has 1 heteroatoms. The van der Waals surface area contributed by atoms with Crippen molar-refractivity contribution in [1.29, 1.82) is 0 Å². The zero-order valence-corrected chi connectivity index (χ0v) is 17.0. The Morgan fingerprint density at radius 1 is 0.760 bits per heavy atom. The van der Waals surface area contributed by atoms with Gasteiger partial charge in [0, 0.05) is 6.61 Å². The van der Waals surface area contributed by atoms with Gasteiger partial charge in [0.2, 0.25) is 0 Å². The van der Waals surface area contributed by atoms with Crippen molar-refractivity contribution in [3.8, 4) is 0 Å². The number of ether oxygens (including phenoxy) is 1. The molecule has 0 aromatic heterocycles. The summed E-state index contributed by atoms with van der Waals surface area (Å²) in [7, 11) is 0. The molecule has 0 spiro atoms. The molecule has 2 saturated carbocycles. The fourth-order valence-electron chi connectivity index (χ4n) is 5.35. The molecule has 0 amide bonds. The Morgan fingerprint density at radius 3 is 1.88 bits per heavy atom. The van der Waals surface area contributed by atoms with E-state index in [2.05, 4.69) is 13.5 Å². The van der Waals surface area contributed by atoms with E-state index in [-0.39, 0.29) is 0 Å². The Kier molecular flexibility index (Phi) is 10.9. The van der Waals surface area contributed by atoms with Gasteiger partial charge in [-0.25, -0.2) is 0 Å². The molecular formula is C24H44O. The molecule has 0 atom stereocenters. The predicted molar refractivity (Wildman–Crippen MR) is 110 cm³/mol. The quantitative estimate of drug-likeness (QED) is 0.261. The SMILES string of the molecule is C=CCOCCC1CCC(C2CCC(CCCCCCC)CC2)CC1. The summed E-state index contributed by atoms with van der Waals surface area (Å²) in [6, 6.07) is 0. The summed E-state index contributed by atoms with van der Waals surface area (Å²) in [5, 5.41) is 0. The van der Waals surface area contributed by atoms with E-state index in [0.29, 0.717) is 0 Å². The van der Waals surface area contributed by atoms with E-state index in [0.717, 1.165) is 36.9 Å². The predicted octanol–water partition coefficient (Wildman–Crippen LogP) is 7.55. The van der Waals surface area contributed by atoms with Crippen LogP contribution in [0.25, 0.3) is 0 Å². The van der Waals surface area contributed by atoms with Gasteiger partial charge in [-0.1, -0.05) is 77.2 Å². The summed E-state index contributed by atoms with van der Waals surface area (Å²) in [4.78, 5) is 0. The Morgan fingerprint density at radius 2 is 1.32 bits per heavy atom. The van der Waals surface area contributed by atoms with Gasteiger partial charge in [-0.3, -0.25) is 0 Å². The fourth-order valence-corrected chi connectivity index (χ4v) is 5.35.